The molecule has 1 fully saturated rings. The molecule has 0 bridgehead atoms. The molecule has 0 amide bonds. The molecule has 0 saturated carbocycles. The van der Waals surface area contributed by atoms with Gasteiger partial charge in [-0.3, -0.25) is 0 Å². The van der Waals surface area contributed by atoms with Crippen molar-refractivity contribution in [2.45, 2.75) is 25.9 Å². The molecule has 8 nitrogen and oxygen atoms in total. The predicted molar refractivity (Wildman–Crippen MR) is 75.6 cm³/mol. The van der Waals surface area contributed by atoms with E-state index in [4.69, 9.17) is 0 Å². The Morgan fingerprint density at radius 3 is 3.00 bits per heavy atom. The molecule has 0 radical (unpaired) electrons. The summed E-state index contributed by atoms with van der Waals surface area (Å²) in [6, 6.07) is 5.58. The maximum absolute atomic E-state index is 11.4. The van der Waals surface area contributed by atoms with Crippen LogP contribution in [0.2, 0.25) is 0 Å². The average molecular weight is 308 g/mol. The maximum Gasteiger partial charge on any atom is 0.172 e. The van der Waals surface area contributed by atoms with Crippen LogP contribution >= 0.6 is 0 Å². The van der Waals surface area contributed by atoms with E-state index < -0.39 is 9.84 Å². The fraction of sp³-hybridized carbons (Fsp3) is 0.500. The topological polar surface area (TPSA) is 103 Å². The minimum atomic E-state index is -2.89. The number of hydrogen-bond donors (Lipinski definition) is 1. The Balaban J connectivity index is 1.72. The van der Waals surface area contributed by atoms with Crippen LogP contribution in [0.25, 0.3) is 5.82 Å². The standard InChI is InChI=1S/C12H16N6O2S/c1-9-3-2-4-11(14-9)18-12(15-16-17-18)7-13-10-5-6-21(19,20)8-10/h2-4,10,13H,5-8H2,1H3. The molecule has 1 saturated heterocycles. The van der Waals surface area contributed by atoms with Crippen LogP contribution in [0, 0.1) is 6.92 Å². The lowest BCUT2D eigenvalue weighted by Gasteiger charge is -2.10. The number of tetrazole rings is 1. The number of pyridine rings is 1. The van der Waals surface area contributed by atoms with Crippen LogP contribution in [0.1, 0.15) is 17.9 Å². The van der Waals surface area contributed by atoms with Gasteiger partial charge in [0.15, 0.2) is 21.5 Å². The zero-order valence-electron chi connectivity index (χ0n) is 11.6. The van der Waals surface area contributed by atoms with Crippen molar-refractivity contribution in [1.29, 1.82) is 0 Å². The monoisotopic (exact) mass is 308 g/mol. The number of sulfone groups is 1. The van der Waals surface area contributed by atoms with Crippen molar-refractivity contribution < 1.29 is 8.42 Å². The third-order valence-electron chi connectivity index (χ3n) is 3.41. The van der Waals surface area contributed by atoms with Gasteiger partial charge in [-0.05, 0) is 35.9 Å². The van der Waals surface area contributed by atoms with Gasteiger partial charge in [0.05, 0.1) is 18.1 Å². The first-order valence-electron chi connectivity index (χ1n) is 6.69. The zero-order valence-corrected chi connectivity index (χ0v) is 12.4. The van der Waals surface area contributed by atoms with E-state index in [-0.39, 0.29) is 17.5 Å². The Hall–Kier alpha value is -1.87. The SMILES string of the molecule is Cc1cccc(-n2nnnc2CNC2CCS(=O)(=O)C2)n1. The van der Waals surface area contributed by atoms with Crippen molar-refractivity contribution in [2.75, 3.05) is 11.5 Å². The van der Waals surface area contributed by atoms with E-state index in [1.807, 2.05) is 25.1 Å². The van der Waals surface area contributed by atoms with E-state index in [1.54, 1.807) is 4.68 Å². The molecular formula is C12H16N6O2S. The van der Waals surface area contributed by atoms with Crippen molar-refractivity contribution in [3.05, 3.63) is 29.7 Å². The van der Waals surface area contributed by atoms with Gasteiger partial charge in [-0.25, -0.2) is 13.4 Å². The highest BCUT2D eigenvalue weighted by molar-refractivity contribution is 7.91. The molecule has 3 rings (SSSR count). The van der Waals surface area contributed by atoms with Gasteiger partial charge in [0.2, 0.25) is 0 Å². The van der Waals surface area contributed by atoms with Crippen LogP contribution in [0.15, 0.2) is 18.2 Å². The van der Waals surface area contributed by atoms with Gasteiger partial charge in [-0.2, -0.15) is 4.68 Å². The van der Waals surface area contributed by atoms with E-state index in [9.17, 15) is 8.42 Å². The molecule has 2 aromatic heterocycles. The molecule has 1 aliphatic heterocycles. The summed E-state index contributed by atoms with van der Waals surface area (Å²) in [6.07, 6.45) is 0.632. The molecule has 112 valence electrons. The van der Waals surface area contributed by atoms with Gasteiger partial charge in [0, 0.05) is 11.7 Å². The molecule has 0 aliphatic carbocycles. The van der Waals surface area contributed by atoms with Crippen LogP contribution in [0.4, 0.5) is 0 Å². The Morgan fingerprint density at radius 1 is 1.43 bits per heavy atom. The fourth-order valence-electron chi connectivity index (χ4n) is 2.33. The number of aryl methyl sites for hydroxylation is 1. The fourth-order valence-corrected chi connectivity index (χ4v) is 4.04. The second kappa shape index (κ2) is 5.49. The molecule has 1 unspecified atom stereocenters. The number of hydrogen-bond acceptors (Lipinski definition) is 7. The van der Waals surface area contributed by atoms with E-state index in [0.717, 1.165) is 5.69 Å². The average Bonchev–Trinajstić information content (AvgIpc) is 3.02. The molecule has 9 heteroatoms. The Labute approximate surface area is 122 Å². The summed E-state index contributed by atoms with van der Waals surface area (Å²) in [7, 11) is -2.89. The van der Waals surface area contributed by atoms with Gasteiger partial charge in [-0.15, -0.1) is 5.10 Å². The van der Waals surface area contributed by atoms with Crippen molar-refractivity contribution in [1.82, 2.24) is 30.5 Å². The predicted octanol–water partition coefficient (Wildman–Crippen LogP) is -0.358. The number of nitrogens with zero attached hydrogens (tertiary/aromatic N) is 5. The molecular weight excluding hydrogens is 292 g/mol. The molecule has 2 aromatic rings. The van der Waals surface area contributed by atoms with E-state index in [1.165, 1.54) is 0 Å². The Kier molecular flexibility index (Phi) is 3.68. The van der Waals surface area contributed by atoms with Gasteiger partial charge >= 0.3 is 0 Å². The van der Waals surface area contributed by atoms with Crippen molar-refractivity contribution in [2.24, 2.45) is 0 Å². The number of aromatic nitrogens is 5. The normalized spacial score (nSPS) is 20.7. The molecule has 0 aromatic carbocycles. The Bertz CT molecular complexity index is 742. The molecule has 0 spiro atoms. The summed E-state index contributed by atoms with van der Waals surface area (Å²) < 4.78 is 24.4. The van der Waals surface area contributed by atoms with Crippen LogP contribution < -0.4 is 5.32 Å². The first-order valence-corrected chi connectivity index (χ1v) is 8.51. The summed E-state index contributed by atoms with van der Waals surface area (Å²) in [5.41, 5.74) is 0.879. The zero-order chi connectivity index (χ0) is 14.9. The summed E-state index contributed by atoms with van der Waals surface area (Å²) in [5.74, 6) is 1.68. The second-order valence-electron chi connectivity index (χ2n) is 5.12. The molecule has 1 atom stereocenters. The first-order chi connectivity index (χ1) is 10.0. The largest absolute Gasteiger partial charge is 0.306 e. The van der Waals surface area contributed by atoms with Gasteiger partial charge in [0.25, 0.3) is 0 Å². The van der Waals surface area contributed by atoms with Gasteiger partial charge in [-0.1, -0.05) is 6.07 Å². The third-order valence-corrected chi connectivity index (χ3v) is 5.17. The maximum atomic E-state index is 11.4. The first kappa shape index (κ1) is 14.1. The van der Waals surface area contributed by atoms with E-state index in [2.05, 4.69) is 25.8 Å². The van der Waals surface area contributed by atoms with Crippen LogP contribution in [0.5, 0.6) is 0 Å². The van der Waals surface area contributed by atoms with Crippen molar-refractivity contribution >= 4 is 9.84 Å². The Morgan fingerprint density at radius 2 is 2.29 bits per heavy atom. The lowest BCUT2D eigenvalue weighted by Crippen LogP contribution is -2.30. The minimum absolute atomic E-state index is 0.0365. The van der Waals surface area contributed by atoms with E-state index in [0.29, 0.717) is 24.6 Å². The van der Waals surface area contributed by atoms with Crippen molar-refractivity contribution in [3.63, 3.8) is 0 Å². The minimum Gasteiger partial charge on any atom is -0.306 e. The third kappa shape index (κ3) is 3.24. The summed E-state index contributed by atoms with van der Waals surface area (Å²) in [6.45, 7) is 2.30. The van der Waals surface area contributed by atoms with Crippen LogP contribution in [0.3, 0.4) is 0 Å². The van der Waals surface area contributed by atoms with E-state index >= 15 is 0 Å². The van der Waals surface area contributed by atoms with Gasteiger partial charge in [0.1, 0.15) is 0 Å². The lowest BCUT2D eigenvalue weighted by atomic mass is 10.2. The highest BCUT2D eigenvalue weighted by Crippen LogP contribution is 2.12. The van der Waals surface area contributed by atoms with Crippen LogP contribution in [-0.4, -0.2) is 51.2 Å². The molecule has 3 heterocycles. The van der Waals surface area contributed by atoms with Gasteiger partial charge < -0.3 is 5.32 Å². The quantitative estimate of drug-likeness (QED) is 0.823. The summed E-state index contributed by atoms with van der Waals surface area (Å²) >= 11 is 0. The highest BCUT2D eigenvalue weighted by atomic mass is 32.2. The summed E-state index contributed by atoms with van der Waals surface area (Å²) in [5, 5.41) is 14.8. The highest BCUT2D eigenvalue weighted by Gasteiger charge is 2.27. The van der Waals surface area contributed by atoms with Crippen molar-refractivity contribution in [3.8, 4) is 5.82 Å². The smallest absolute Gasteiger partial charge is 0.172 e. The number of rotatable bonds is 4. The molecule has 1 N–H and O–H groups in total. The summed E-state index contributed by atoms with van der Waals surface area (Å²) in [4.78, 5) is 4.38. The molecule has 1 aliphatic rings. The second-order valence-corrected chi connectivity index (χ2v) is 7.35. The molecule has 21 heavy (non-hydrogen) atoms. The lowest BCUT2D eigenvalue weighted by molar-refractivity contribution is 0.534. The van der Waals surface area contributed by atoms with Crippen LogP contribution in [-0.2, 0) is 16.4 Å². The number of nitrogens with one attached hydrogen (secondary N) is 1.